The van der Waals surface area contributed by atoms with Crippen molar-refractivity contribution in [3.05, 3.63) is 12.3 Å². The highest BCUT2D eigenvalue weighted by molar-refractivity contribution is 5.94. The number of hydrogen-bond acceptors (Lipinski definition) is 4. The lowest BCUT2D eigenvalue weighted by atomic mass is 10.1. The molecule has 0 bridgehead atoms. The van der Waals surface area contributed by atoms with Crippen LogP contribution in [0.15, 0.2) is 12.3 Å². The van der Waals surface area contributed by atoms with Gasteiger partial charge in [-0.1, -0.05) is 0 Å². The second-order valence-electron chi connectivity index (χ2n) is 2.87. The van der Waals surface area contributed by atoms with Gasteiger partial charge in [0.15, 0.2) is 5.78 Å². The van der Waals surface area contributed by atoms with Crippen molar-refractivity contribution < 1.29 is 19.8 Å². The van der Waals surface area contributed by atoms with Gasteiger partial charge < -0.3 is 15.1 Å². The molecule has 1 aliphatic rings. The number of carboxylic acid groups (broad SMARTS) is 1. The average molecular weight is 185 g/mol. The van der Waals surface area contributed by atoms with E-state index in [1.165, 1.54) is 12.3 Å². The predicted molar refractivity (Wildman–Crippen MR) is 44.0 cm³/mol. The van der Waals surface area contributed by atoms with Crippen LogP contribution in [-0.2, 0) is 9.59 Å². The number of hydrogen-bond donors (Lipinski definition) is 2. The number of carbonyl (C=O) groups is 2. The molecule has 1 aliphatic heterocycles. The maximum Gasteiger partial charge on any atom is 0.305 e. The van der Waals surface area contributed by atoms with Crippen molar-refractivity contribution in [1.82, 2.24) is 4.90 Å². The number of ketones is 1. The summed E-state index contributed by atoms with van der Waals surface area (Å²) in [5, 5.41) is 17.5. The summed E-state index contributed by atoms with van der Waals surface area (Å²) in [6, 6.07) is 0. The summed E-state index contributed by atoms with van der Waals surface area (Å²) in [7, 11) is 0. The molecule has 0 aromatic rings. The highest BCUT2D eigenvalue weighted by Crippen LogP contribution is 2.04. The van der Waals surface area contributed by atoms with E-state index in [9.17, 15) is 9.59 Å². The van der Waals surface area contributed by atoms with Crippen LogP contribution in [0.5, 0.6) is 0 Å². The molecule has 1 unspecified atom stereocenters. The summed E-state index contributed by atoms with van der Waals surface area (Å²) in [4.78, 5) is 22.6. The summed E-state index contributed by atoms with van der Waals surface area (Å²) in [6.45, 7) is 0.499. The van der Waals surface area contributed by atoms with E-state index in [2.05, 4.69) is 0 Å². The second-order valence-corrected chi connectivity index (χ2v) is 2.87. The van der Waals surface area contributed by atoms with E-state index in [0.717, 1.165) is 0 Å². The van der Waals surface area contributed by atoms with Crippen molar-refractivity contribution in [3.8, 4) is 0 Å². The monoisotopic (exact) mass is 185 g/mol. The fourth-order valence-corrected chi connectivity index (χ4v) is 1.07. The molecule has 2 N–H and O–H groups in total. The van der Waals surface area contributed by atoms with Gasteiger partial charge in [-0.25, -0.2) is 0 Å². The van der Waals surface area contributed by atoms with E-state index in [0.29, 0.717) is 6.54 Å². The van der Waals surface area contributed by atoms with Gasteiger partial charge in [0.25, 0.3) is 0 Å². The van der Waals surface area contributed by atoms with Crippen LogP contribution >= 0.6 is 0 Å². The SMILES string of the molecule is O=C(O)CCN1C=CC(=O)C(O)C1. The Balaban J connectivity index is 2.41. The largest absolute Gasteiger partial charge is 0.481 e. The minimum atomic E-state index is -1.02. The third kappa shape index (κ3) is 2.87. The first-order valence-corrected chi connectivity index (χ1v) is 3.95. The fourth-order valence-electron chi connectivity index (χ4n) is 1.07. The lowest BCUT2D eigenvalue weighted by Gasteiger charge is -2.25. The molecule has 0 saturated carbocycles. The quantitative estimate of drug-likeness (QED) is 0.603. The minimum Gasteiger partial charge on any atom is -0.481 e. The first kappa shape index (κ1) is 9.73. The molecule has 0 saturated heterocycles. The Bertz CT molecular complexity index is 249. The lowest BCUT2D eigenvalue weighted by Crippen LogP contribution is -2.38. The normalized spacial score (nSPS) is 22.1. The zero-order chi connectivity index (χ0) is 9.84. The van der Waals surface area contributed by atoms with Crippen molar-refractivity contribution in [2.45, 2.75) is 12.5 Å². The van der Waals surface area contributed by atoms with E-state index in [4.69, 9.17) is 10.2 Å². The van der Waals surface area contributed by atoms with Gasteiger partial charge in [-0.15, -0.1) is 0 Å². The molecule has 0 aliphatic carbocycles. The summed E-state index contributed by atoms with van der Waals surface area (Å²) in [5.41, 5.74) is 0. The third-order valence-electron chi connectivity index (χ3n) is 1.80. The van der Waals surface area contributed by atoms with Crippen molar-refractivity contribution in [3.63, 3.8) is 0 Å². The van der Waals surface area contributed by atoms with Gasteiger partial charge >= 0.3 is 5.97 Å². The lowest BCUT2D eigenvalue weighted by molar-refractivity contribution is -0.137. The van der Waals surface area contributed by atoms with Crippen molar-refractivity contribution in [2.75, 3.05) is 13.1 Å². The van der Waals surface area contributed by atoms with Gasteiger partial charge in [0.2, 0.25) is 0 Å². The zero-order valence-corrected chi connectivity index (χ0v) is 7.01. The molecule has 0 spiro atoms. The Morgan fingerprint density at radius 3 is 2.92 bits per heavy atom. The zero-order valence-electron chi connectivity index (χ0n) is 7.01. The Kier molecular flexibility index (Phi) is 3.02. The van der Waals surface area contributed by atoms with Crippen LogP contribution in [0.3, 0.4) is 0 Å². The molecular formula is C8H11NO4. The van der Waals surface area contributed by atoms with E-state index in [-0.39, 0.29) is 18.7 Å². The topological polar surface area (TPSA) is 77.8 Å². The third-order valence-corrected chi connectivity index (χ3v) is 1.80. The Labute approximate surface area is 75.3 Å². The molecule has 1 rings (SSSR count). The fraction of sp³-hybridized carbons (Fsp3) is 0.500. The first-order chi connectivity index (χ1) is 6.09. The predicted octanol–water partition coefficient (Wildman–Crippen LogP) is -0.780. The molecule has 1 atom stereocenters. The minimum absolute atomic E-state index is 0.00521. The van der Waals surface area contributed by atoms with Gasteiger partial charge in [0.1, 0.15) is 6.10 Å². The number of β-amino-alcohol motifs (C(OH)–C–C–N with tert-alkyl or cyclic N) is 1. The smallest absolute Gasteiger partial charge is 0.305 e. The van der Waals surface area contributed by atoms with E-state index >= 15 is 0 Å². The van der Waals surface area contributed by atoms with Gasteiger partial charge in [-0.3, -0.25) is 9.59 Å². The van der Waals surface area contributed by atoms with Crippen LogP contribution in [-0.4, -0.2) is 46.1 Å². The van der Waals surface area contributed by atoms with Crippen molar-refractivity contribution >= 4 is 11.8 Å². The van der Waals surface area contributed by atoms with Gasteiger partial charge in [-0.2, -0.15) is 0 Å². The maximum atomic E-state index is 10.8. The summed E-state index contributed by atoms with van der Waals surface area (Å²) < 4.78 is 0. The molecule has 5 nitrogen and oxygen atoms in total. The molecule has 13 heavy (non-hydrogen) atoms. The Morgan fingerprint density at radius 2 is 2.38 bits per heavy atom. The number of aliphatic hydroxyl groups excluding tert-OH is 1. The van der Waals surface area contributed by atoms with E-state index in [1.54, 1.807) is 4.90 Å². The standard InChI is InChI=1S/C8H11NO4/c10-6-1-3-9(5-7(6)11)4-2-8(12)13/h1,3,7,11H,2,4-5H2,(H,12,13). The summed E-state index contributed by atoms with van der Waals surface area (Å²) >= 11 is 0. The molecule has 72 valence electrons. The molecule has 0 aromatic heterocycles. The van der Waals surface area contributed by atoms with Crippen LogP contribution in [0, 0.1) is 0 Å². The van der Waals surface area contributed by atoms with E-state index < -0.39 is 12.1 Å². The number of rotatable bonds is 3. The molecule has 0 radical (unpaired) electrons. The Morgan fingerprint density at radius 1 is 1.69 bits per heavy atom. The van der Waals surface area contributed by atoms with Crippen LogP contribution in [0.4, 0.5) is 0 Å². The number of aliphatic carboxylic acids is 1. The Hall–Kier alpha value is -1.36. The van der Waals surface area contributed by atoms with Gasteiger partial charge in [0, 0.05) is 12.7 Å². The number of nitrogens with zero attached hydrogens (tertiary/aromatic N) is 1. The molecule has 1 heterocycles. The van der Waals surface area contributed by atoms with Crippen LogP contribution in [0.2, 0.25) is 0 Å². The number of aliphatic hydroxyl groups is 1. The molecule has 0 fully saturated rings. The number of carboxylic acids is 1. The second kappa shape index (κ2) is 4.04. The first-order valence-electron chi connectivity index (χ1n) is 3.95. The summed E-state index contributed by atoms with van der Waals surface area (Å²) in [5.74, 6) is -1.22. The molecule has 0 amide bonds. The van der Waals surface area contributed by atoms with Crippen LogP contribution in [0.25, 0.3) is 0 Å². The highest BCUT2D eigenvalue weighted by atomic mass is 16.4. The average Bonchev–Trinajstić information content (AvgIpc) is 2.07. The maximum absolute atomic E-state index is 10.8. The molecule has 5 heteroatoms. The van der Waals surface area contributed by atoms with E-state index in [1.807, 2.05) is 0 Å². The molecule has 0 aromatic carbocycles. The molecular weight excluding hydrogens is 174 g/mol. The number of carbonyl (C=O) groups excluding carboxylic acids is 1. The van der Waals surface area contributed by atoms with Crippen molar-refractivity contribution in [1.29, 1.82) is 0 Å². The van der Waals surface area contributed by atoms with Gasteiger partial charge in [0.05, 0.1) is 13.0 Å². The van der Waals surface area contributed by atoms with Crippen molar-refractivity contribution in [2.24, 2.45) is 0 Å². The van der Waals surface area contributed by atoms with Crippen LogP contribution < -0.4 is 0 Å². The summed E-state index contributed by atoms with van der Waals surface area (Å²) in [6.07, 6.45) is 1.76. The van der Waals surface area contributed by atoms with Crippen LogP contribution in [0.1, 0.15) is 6.42 Å². The highest BCUT2D eigenvalue weighted by Gasteiger charge is 2.19. The van der Waals surface area contributed by atoms with Gasteiger partial charge in [-0.05, 0) is 6.08 Å².